The number of nitrogens with zero attached hydrogens (tertiary/aromatic N) is 3. The number of amides is 2. The quantitative estimate of drug-likeness (QED) is 0.766. The van der Waals surface area contributed by atoms with E-state index in [1.54, 1.807) is 23.6 Å². The first-order valence-electron chi connectivity index (χ1n) is 7.04. The molecule has 1 aliphatic rings. The summed E-state index contributed by atoms with van der Waals surface area (Å²) in [5, 5.41) is 0. The molecule has 0 atom stereocenters. The third-order valence-electron chi connectivity index (χ3n) is 3.75. The Morgan fingerprint density at radius 2 is 1.95 bits per heavy atom. The van der Waals surface area contributed by atoms with Gasteiger partial charge in [0.05, 0.1) is 0 Å². The summed E-state index contributed by atoms with van der Waals surface area (Å²) in [7, 11) is 0. The summed E-state index contributed by atoms with van der Waals surface area (Å²) in [6.07, 6.45) is 1.49. The number of carbonyl (C=O) groups excluding carboxylic acids is 2. The van der Waals surface area contributed by atoms with E-state index in [9.17, 15) is 14.4 Å². The molecule has 114 valence electrons. The molecule has 7 heteroatoms. The molecule has 1 N–H and O–H groups in total. The lowest BCUT2D eigenvalue weighted by Crippen LogP contribution is -2.48. The van der Waals surface area contributed by atoms with Gasteiger partial charge in [0.15, 0.2) is 0 Å². The van der Waals surface area contributed by atoms with Gasteiger partial charge < -0.3 is 14.8 Å². The lowest BCUT2D eigenvalue weighted by molar-refractivity contribution is -0.135. The Balaban J connectivity index is 1.93. The molecule has 7 nitrogen and oxygen atoms in total. The van der Waals surface area contributed by atoms with Crippen molar-refractivity contribution in [3.8, 4) is 0 Å². The number of carbonyl (C=O) groups is 2. The molecule has 2 amide bonds. The molecule has 0 unspecified atom stereocenters. The van der Waals surface area contributed by atoms with Crippen molar-refractivity contribution in [3.05, 3.63) is 27.4 Å². The highest BCUT2D eigenvalue weighted by Gasteiger charge is 2.20. The number of aromatic amines is 1. The van der Waals surface area contributed by atoms with Crippen LogP contribution < -0.4 is 5.56 Å². The van der Waals surface area contributed by atoms with E-state index in [4.69, 9.17) is 0 Å². The van der Waals surface area contributed by atoms with Crippen molar-refractivity contribution < 1.29 is 9.59 Å². The zero-order chi connectivity index (χ0) is 15.4. The molecule has 1 aliphatic heterocycles. The Kier molecular flexibility index (Phi) is 4.72. The number of hydrogen-bond acceptors (Lipinski definition) is 4. The molecule has 0 aromatic carbocycles. The molecular weight excluding hydrogens is 272 g/mol. The van der Waals surface area contributed by atoms with Crippen LogP contribution in [0.4, 0.5) is 0 Å². The zero-order valence-electron chi connectivity index (χ0n) is 12.4. The maximum atomic E-state index is 12.1. The van der Waals surface area contributed by atoms with Crippen LogP contribution in [0, 0.1) is 13.8 Å². The number of piperazine rings is 1. The molecule has 2 rings (SSSR count). The van der Waals surface area contributed by atoms with Crippen LogP contribution in [0.3, 0.4) is 0 Å². The van der Waals surface area contributed by atoms with Crippen molar-refractivity contribution in [2.24, 2.45) is 0 Å². The van der Waals surface area contributed by atoms with Crippen LogP contribution >= 0.6 is 0 Å². The second-order valence-electron chi connectivity index (χ2n) is 5.24. The molecule has 0 bridgehead atoms. The topological polar surface area (TPSA) is 86.4 Å². The molecular formula is C14H20N4O3. The number of hydrogen-bond donors (Lipinski definition) is 1. The van der Waals surface area contributed by atoms with E-state index in [-0.39, 0.29) is 17.9 Å². The third kappa shape index (κ3) is 3.68. The fraction of sp³-hybridized carbons (Fsp3) is 0.571. The van der Waals surface area contributed by atoms with Gasteiger partial charge in [-0.3, -0.25) is 14.4 Å². The van der Waals surface area contributed by atoms with E-state index >= 15 is 0 Å². The highest BCUT2D eigenvalue weighted by Crippen LogP contribution is 2.07. The van der Waals surface area contributed by atoms with E-state index < -0.39 is 0 Å². The fourth-order valence-electron chi connectivity index (χ4n) is 2.51. The van der Waals surface area contributed by atoms with Crippen molar-refractivity contribution in [1.82, 2.24) is 19.8 Å². The Morgan fingerprint density at radius 1 is 1.29 bits per heavy atom. The van der Waals surface area contributed by atoms with Gasteiger partial charge in [0.2, 0.25) is 12.3 Å². The predicted molar refractivity (Wildman–Crippen MR) is 76.9 cm³/mol. The molecule has 0 spiro atoms. The van der Waals surface area contributed by atoms with Crippen LogP contribution in [0.15, 0.2) is 4.79 Å². The van der Waals surface area contributed by atoms with E-state index in [1.165, 1.54) is 0 Å². The molecule has 0 saturated carbocycles. The number of aryl methyl sites for hydroxylation is 2. The molecule has 0 aliphatic carbocycles. The first-order chi connectivity index (χ1) is 10.0. The van der Waals surface area contributed by atoms with Crippen molar-refractivity contribution in [2.75, 3.05) is 26.2 Å². The standard InChI is InChI=1S/C14H20N4O3/c1-10-12(14(21)16-11(2)15-10)3-4-13(20)18-7-5-17(9-19)6-8-18/h9H,3-8H2,1-2H3,(H,15,16,21). The Morgan fingerprint density at radius 3 is 2.52 bits per heavy atom. The van der Waals surface area contributed by atoms with Crippen LogP contribution in [0.25, 0.3) is 0 Å². The average molecular weight is 292 g/mol. The smallest absolute Gasteiger partial charge is 0.254 e. The van der Waals surface area contributed by atoms with Crippen LogP contribution in [0.5, 0.6) is 0 Å². The summed E-state index contributed by atoms with van der Waals surface area (Å²) < 4.78 is 0. The van der Waals surface area contributed by atoms with Gasteiger partial charge in [0.1, 0.15) is 5.82 Å². The van der Waals surface area contributed by atoms with Gasteiger partial charge in [0.25, 0.3) is 5.56 Å². The number of rotatable bonds is 4. The van der Waals surface area contributed by atoms with Gasteiger partial charge in [-0.15, -0.1) is 0 Å². The van der Waals surface area contributed by atoms with Crippen molar-refractivity contribution in [3.63, 3.8) is 0 Å². The Hall–Kier alpha value is -2.18. The van der Waals surface area contributed by atoms with E-state index in [0.29, 0.717) is 49.7 Å². The van der Waals surface area contributed by atoms with Gasteiger partial charge in [-0.05, 0) is 20.3 Å². The summed E-state index contributed by atoms with van der Waals surface area (Å²) in [6.45, 7) is 5.76. The first-order valence-corrected chi connectivity index (χ1v) is 7.04. The molecule has 1 aromatic heterocycles. The highest BCUT2D eigenvalue weighted by molar-refractivity contribution is 5.76. The normalized spacial score (nSPS) is 15.1. The van der Waals surface area contributed by atoms with E-state index in [0.717, 1.165) is 6.41 Å². The van der Waals surface area contributed by atoms with Crippen LogP contribution in [-0.2, 0) is 16.0 Å². The van der Waals surface area contributed by atoms with Crippen LogP contribution in [0.2, 0.25) is 0 Å². The minimum Gasteiger partial charge on any atom is -0.342 e. The number of nitrogens with one attached hydrogen (secondary N) is 1. The highest BCUT2D eigenvalue weighted by atomic mass is 16.2. The molecule has 2 heterocycles. The monoisotopic (exact) mass is 292 g/mol. The van der Waals surface area contributed by atoms with E-state index in [1.807, 2.05) is 0 Å². The number of H-pyrrole nitrogens is 1. The van der Waals surface area contributed by atoms with Gasteiger partial charge in [-0.25, -0.2) is 4.98 Å². The van der Waals surface area contributed by atoms with Gasteiger partial charge in [0, 0.05) is 43.9 Å². The van der Waals surface area contributed by atoms with Crippen LogP contribution in [0.1, 0.15) is 23.5 Å². The molecule has 21 heavy (non-hydrogen) atoms. The third-order valence-corrected chi connectivity index (χ3v) is 3.75. The van der Waals surface area contributed by atoms with Crippen molar-refractivity contribution >= 4 is 12.3 Å². The van der Waals surface area contributed by atoms with Gasteiger partial charge >= 0.3 is 0 Å². The summed E-state index contributed by atoms with van der Waals surface area (Å²) in [6, 6.07) is 0. The molecule has 1 aromatic rings. The lowest BCUT2D eigenvalue weighted by Gasteiger charge is -2.32. The summed E-state index contributed by atoms with van der Waals surface area (Å²) in [4.78, 5) is 44.9. The fourth-order valence-corrected chi connectivity index (χ4v) is 2.51. The second kappa shape index (κ2) is 6.51. The van der Waals surface area contributed by atoms with Gasteiger partial charge in [-0.2, -0.15) is 0 Å². The van der Waals surface area contributed by atoms with E-state index in [2.05, 4.69) is 9.97 Å². The maximum Gasteiger partial charge on any atom is 0.254 e. The first kappa shape index (κ1) is 15.2. The summed E-state index contributed by atoms with van der Waals surface area (Å²) in [5.74, 6) is 0.595. The molecule has 1 saturated heterocycles. The Bertz CT molecular complexity index is 588. The average Bonchev–Trinajstić information content (AvgIpc) is 2.46. The van der Waals surface area contributed by atoms with Gasteiger partial charge in [-0.1, -0.05) is 0 Å². The Labute approximate surface area is 123 Å². The van der Waals surface area contributed by atoms with Crippen molar-refractivity contribution in [1.29, 1.82) is 0 Å². The van der Waals surface area contributed by atoms with Crippen molar-refractivity contribution in [2.45, 2.75) is 26.7 Å². The minimum atomic E-state index is -0.168. The summed E-state index contributed by atoms with van der Waals surface area (Å²) in [5.41, 5.74) is 1.08. The predicted octanol–water partition coefficient (Wildman–Crippen LogP) is -0.380. The lowest BCUT2D eigenvalue weighted by atomic mass is 10.1. The maximum absolute atomic E-state index is 12.1. The number of aromatic nitrogens is 2. The largest absolute Gasteiger partial charge is 0.342 e. The zero-order valence-corrected chi connectivity index (χ0v) is 12.4. The SMILES string of the molecule is Cc1nc(C)c(CCC(=O)N2CCN(C=O)CC2)c(=O)[nH]1. The second-order valence-corrected chi connectivity index (χ2v) is 5.24. The minimum absolute atomic E-state index is 0.0138. The van der Waals surface area contributed by atoms with Crippen LogP contribution in [-0.4, -0.2) is 58.3 Å². The summed E-state index contributed by atoms with van der Waals surface area (Å²) >= 11 is 0. The molecule has 0 radical (unpaired) electrons. The molecule has 1 fully saturated rings.